The van der Waals surface area contributed by atoms with Crippen LogP contribution >= 0.6 is 0 Å². The molecule has 0 fully saturated rings. The van der Waals surface area contributed by atoms with E-state index in [4.69, 9.17) is 18.9 Å². The van der Waals surface area contributed by atoms with Crippen molar-refractivity contribution in [2.24, 2.45) is 0 Å². The van der Waals surface area contributed by atoms with Gasteiger partial charge in [0.05, 0.1) is 29.4 Å². The first-order chi connectivity index (χ1) is 47.5. The quantitative estimate of drug-likeness (QED) is 0.0261. The maximum absolute atomic E-state index is 15.1. The van der Waals surface area contributed by atoms with Crippen molar-refractivity contribution >= 4 is 60.1 Å². The highest BCUT2D eigenvalue weighted by atomic mass is 32.2. The van der Waals surface area contributed by atoms with Crippen molar-refractivity contribution in [2.45, 2.75) is 187 Å². The number of halogens is 6. The van der Waals surface area contributed by atoms with Crippen LogP contribution in [-0.4, -0.2) is 92.3 Å². The fourth-order valence-corrected chi connectivity index (χ4v) is 18.4. The van der Waals surface area contributed by atoms with Gasteiger partial charge in [0, 0.05) is 5.41 Å². The van der Waals surface area contributed by atoms with Crippen LogP contribution in [0.25, 0.3) is 11.1 Å². The van der Waals surface area contributed by atoms with Gasteiger partial charge in [0.1, 0.15) is 55.5 Å². The van der Waals surface area contributed by atoms with Crippen LogP contribution in [0.2, 0.25) is 0 Å². The minimum Gasteiger partial charge on any atom is -0.488 e. The highest BCUT2D eigenvalue weighted by molar-refractivity contribution is 7.92. The Morgan fingerprint density at radius 1 is 0.340 bits per heavy atom. The summed E-state index contributed by atoms with van der Waals surface area (Å²) in [6.07, 6.45) is -10.3. The lowest BCUT2D eigenvalue weighted by molar-refractivity contribution is -0.288. The summed E-state index contributed by atoms with van der Waals surface area (Å²) in [5.41, 5.74) is -10.3. The molecule has 0 saturated heterocycles. The Hall–Kier alpha value is -7.92. The van der Waals surface area contributed by atoms with Gasteiger partial charge in [-0.05, 0) is 207 Å². The first-order valence-corrected chi connectivity index (χ1v) is 40.5. The third-order valence-corrected chi connectivity index (χ3v) is 26.3. The molecular weight excluding hydrogens is 1480 g/mol. The molecule has 4 N–H and O–H groups in total. The molecule has 1 unspecified atom stereocenters. The van der Waals surface area contributed by atoms with Gasteiger partial charge in [-0.25, -0.2) is 16.8 Å². The molecule has 0 saturated carbocycles. The fraction of sp³-hybridized carbons (Fsp3) is 0.324. The maximum atomic E-state index is 15.1. The van der Waals surface area contributed by atoms with Crippen LogP contribution in [0, 0.1) is 0 Å². The number of hydrogen-bond acceptors (Lipinski definition) is 16. The number of rotatable bonds is 28. The van der Waals surface area contributed by atoms with Gasteiger partial charge in [-0.15, -0.1) is 0 Å². The number of hydrogen-bond donors (Lipinski definition) is 4. The number of benzene rings is 8. The van der Waals surface area contributed by atoms with Gasteiger partial charge in [0.25, 0.3) is 40.5 Å². The zero-order valence-corrected chi connectivity index (χ0v) is 61.8. The van der Waals surface area contributed by atoms with Crippen LogP contribution in [0.1, 0.15) is 130 Å². The third kappa shape index (κ3) is 16.0. The van der Waals surface area contributed by atoms with Crippen molar-refractivity contribution < 1.29 is 114 Å². The molecular formula is C71H74F6O20S6. The maximum Gasteiger partial charge on any atom is 0.411 e. The Morgan fingerprint density at radius 2 is 0.650 bits per heavy atom. The summed E-state index contributed by atoms with van der Waals surface area (Å²) in [5.74, 6) is -1.64. The second kappa shape index (κ2) is 28.9. The highest BCUT2D eigenvalue weighted by Crippen LogP contribution is 2.57. The van der Waals surface area contributed by atoms with Crippen LogP contribution < -0.4 is 18.9 Å². The lowest BCUT2D eigenvalue weighted by atomic mass is 9.63. The second-order valence-corrected chi connectivity index (χ2v) is 34.9. The Bertz CT molecular complexity index is 5210. The van der Waals surface area contributed by atoms with Gasteiger partial charge in [0.15, 0.2) is 0 Å². The minimum absolute atomic E-state index is 0.00230. The average molecular weight is 1550 g/mol. The predicted octanol–water partition coefficient (Wildman–Crippen LogP) is 17.0. The molecule has 556 valence electrons. The van der Waals surface area contributed by atoms with E-state index in [1.165, 1.54) is 18.2 Å². The Balaban J connectivity index is 1.04. The first-order valence-electron chi connectivity index (χ1n) is 31.7. The van der Waals surface area contributed by atoms with Crippen molar-refractivity contribution in [3.05, 3.63) is 192 Å². The highest BCUT2D eigenvalue weighted by Gasteiger charge is 2.72. The van der Waals surface area contributed by atoms with E-state index in [1.54, 1.807) is 106 Å². The van der Waals surface area contributed by atoms with E-state index >= 15 is 26.3 Å². The minimum atomic E-state index is -6.01. The molecule has 0 aliphatic carbocycles. The van der Waals surface area contributed by atoms with Crippen LogP contribution in [0.4, 0.5) is 26.3 Å². The second-order valence-electron chi connectivity index (χ2n) is 25.4. The normalized spacial score (nSPS) is 14.0. The molecule has 0 heterocycles. The molecule has 0 aliphatic heterocycles. The molecule has 0 aromatic heterocycles. The van der Waals surface area contributed by atoms with E-state index in [-0.39, 0.29) is 47.6 Å². The summed E-state index contributed by atoms with van der Waals surface area (Å²) < 4.78 is 317. The largest absolute Gasteiger partial charge is 0.488 e. The summed E-state index contributed by atoms with van der Waals surface area (Å²) in [7, 11) is -30.8. The van der Waals surface area contributed by atoms with Crippen molar-refractivity contribution in [1.82, 2.24) is 0 Å². The first kappa shape index (κ1) is 80.8. The molecule has 8 rings (SSSR count). The lowest BCUT2D eigenvalue weighted by Crippen LogP contribution is -2.54. The topological polar surface area (TPSA) is 323 Å². The molecule has 0 amide bonds. The van der Waals surface area contributed by atoms with E-state index in [0.717, 1.165) is 54.6 Å². The van der Waals surface area contributed by atoms with Gasteiger partial charge in [-0.3, -0.25) is 18.2 Å². The smallest absolute Gasteiger partial charge is 0.411 e. The van der Waals surface area contributed by atoms with Gasteiger partial charge in [-0.2, -0.15) is 60.0 Å². The van der Waals surface area contributed by atoms with E-state index in [0.29, 0.717) is 91.1 Å². The van der Waals surface area contributed by atoms with Crippen LogP contribution in [0.15, 0.2) is 209 Å². The molecule has 103 heavy (non-hydrogen) atoms. The summed E-state index contributed by atoms with van der Waals surface area (Å²) >= 11 is 0. The molecule has 0 aliphatic rings. The Kier molecular flexibility index (Phi) is 22.6. The monoisotopic (exact) mass is 1550 g/mol. The standard InChI is InChI=1S/C71H74F6O20S6/c1-11-65(7,8)96-51-31-23-48(24-32-51)69(70(72,73)74,71(75,76)77)47-21-29-50(30-22-47)95-60-40-36-56(44-64(60)103(91,92)93)99(80,81)54-34-38-58(62(42-54)101(85,86)87)68(15-5,16-6)67(10,14-4)97-52-27-19-46(20-28-52)45-17-25-49(26-18-45)94-59-39-35-55(43-63(59)102(88,89)90)98(78,79)53-33-37-57(66(9,12-2)13-3)61(41-53)100(82,83)84/h17-44H,11-16H2,1-10H3,(H,82,83,84)(H,85,86,87)(H,88,89,90)(H,91,92,93). The average Bonchev–Trinajstić information content (AvgIpc) is 0.725. The molecule has 0 radical (unpaired) electrons. The summed E-state index contributed by atoms with van der Waals surface area (Å²) in [6, 6.07) is 28.5. The number of alkyl halides is 6. The third-order valence-electron chi connectivity index (χ3n) is 19.2. The van der Waals surface area contributed by atoms with Crippen molar-refractivity contribution in [2.75, 3.05) is 0 Å². The number of ether oxygens (including phenoxy) is 4. The lowest BCUT2D eigenvalue weighted by Gasteiger charge is -2.48. The van der Waals surface area contributed by atoms with Crippen LogP contribution in [0.3, 0.4) is 0 Å². The summed E-state index contributed by atoms with van der Waals surface area (Å²) in [4.78, 5) is -6.72. The molecule has 0 bridgehead atoms. The van der Waals surface area contributed by atoms with E-state index in [9.17, 15) is 68.7 Å². The summed E-state index contributed by atoms with van der Waals surface area (Å²) in [6.45, 7) is 17.3. The molecule has 20 nitrogen and oxygen atoms in total. The van der Waals surface area contributed by atoms with Gasteiger partial charge < -0.3 is 18.9 Å². The van der Waals surface area contributed by atoms with Crippen molar-refractivity contribution in [3.8, 4) is 45.6 Å². The molecule has 8 aromatic carbocycles. The van der Waals surface area contributed by atoms with E-state index < -0.39 is 167 Å². The zero-order valence-electron chi connectivity index (χ0n) is 56.9. The molecule has 1 atom stereocenters. The number of sulfone groups is 2. The van der Waals surface area contributed by atoms with Crippen LogP contribution in [-0.2, 0) is 76.4 Å². The fourth-order valence-electron chi connectivity index (χ4n) is 12.5. The van der Waals surface area contributed by atoms with E-state index in [1.807, 2.05) is 0 Å². The van der Waals surface area contributed by atoms with Gasteiger partial charge in [-0.1, -0.05) is 109 Å². The Labute approximate surface area is 594 Å². The van der Waals surface area contributed by atoms with Crippen molar-refractivity contribution in [3.63, 3.8) is 0 Å². The summed E-state index contributed by atoms with van der Waals surface area (Å²) in [5, 5.41) is 0. The zero-order chi connectivity index (χ0) is 76.9. The van der Waals surface area contributed by atoms with Gasteiger partial charge in [0.2, 0.25) is 25.1 Å². The molecule has 32 heteroatoms. The predicted molar refractivity (Wildman–Crippen MR) is 368 cm³/mol. The van der Waals surface area contributed by atoms with Crippen molar-refractivity contribution in [1.29, 1.82) is 0 Å². The molecule has 8 aromatic rings. The molecule has 0 spiro atoms. The van der Waals surface area contributed by atoms with Gasteiger partial charge >= 0.3 is 12.4 Å². The Morgan fingerprint density at radius 3 is 0.981 bits per heavy atom. The van der Waals surface area contributed by atoms with E-state index in [2.05, 4.69) is 0 Å². The van der Waals surface area contributed by atoms with Crippen LogP contribution in [0.5, 0.6) is 34.5 Å². The SMILES string of the molecule is CCC(C)(C)Oc1ccc(C(c2ccc(Oc3ccc(S(=O)(=O)c4ccc(C(CC)(CC)C(C)(CC)Oc5ccc(-c6ccc(Oc7ccc(S(=O)(=O)c8ccc(C(C)(CC)CC)c(S(=O)(=O)O)c8)cc7S(=O)(=O)O)cc6)cc5)c(S(=O)(=O)O)c4)cc3S(=O)(=O)O)cc2)(C(F)(F)F)C(F)(F)F)cc1.